The van der Waals surface area contributed by atoms with Gasteiger partial charge in [0.15, 0.2) is 5.65 Å². The van der Waals surface area contributed by atoms with E-state index >= 15 is 0 Å². The molecule has 2 aromatic rings. The number of aromatic nitrogens is 3. The molecular weight excluding hydrogens is 248 g/mol. The maximum absolute atomic E-state index is 6.43. The molecule has 4 heteroatoms. The van der Waals surface area contributed by atoms with Gasteiger partial charge in [-0.2, -0.15) is 0 Å². The van der Waals surface area contributed by atoms with Crippen LogP contribution < -0.4 is 5.73 Å². The van der Waals surface area contributed by atoms with Crippen molar-refractivity contribution in [3.8, 4) is 0 Å². The smallest absolute Gasteiger partial charge is 0.160 e. The van der Waals surface area contributed by atoms with Gasteiger partial charge in [-0.05, 0) is 38.8 Å². The Morgan fingerprint density at radius 3 is 2.85 bits per heavy atom. The van der Waals surface area contributed by atoms with E-state index in [-0.39, 0.29) is 6.04 Å². The monoisotopic (exact) mass is 272 g/mol. The van der Waals surface area contributed by atoms with Crippen molar-refractivity contribution in [2.24, 2.45) is 5.73 Å². The van der Waals surface area contributed by atoms with Gasteiger partial charge in [0.05, 0.1) is 0 Å². The van der Waals surface area contributed by atoms with Crippen molar-refractivity contribution in [2.75, 3.05) is 0 Å². The molecule has 2 N–H and O–H groups in total. The Kier molecular flexibility index (Phi) is 3.74. The standard InChI is InChI=1S/C16H24N4/c1-11(2)20-15(12-7-4-3-5-8-13(12)17)19-14-9-6-10-18-16(14)20/h6,9-13H,3-5,7-8,17H2,1-2H3. The zero-order valence-electron chi connectivity index (χ0n) is 12.4. The van der Waals surface area contributed by atoms with Crippen LogP contribution in [-0.2, 0) is 0 Å². The molecule has 1 aliphatic carbocycles. The van der Waals surface area contributed by atoms with Crippen molar-refractivity contribution in [1.82, 2.24) is 14.5 Å². The summed E-state index contributed by atoms with van der Waals surface area (Å²) in [6, 6.07) is 4.59. The van der Waals surface area contributed by atoms with E-state index in [1.807, 2.05) is 18.3 Å². The molecule has 3 rings (SSSR count). The van der Waals surface area contributed by atoms with E-state index in [0.29, 0.717) is 12.0 Å². The van der Waals surface area contributed by atoms with E-state index in [1.54, 1.807) is 0 Å². The fraction of sp³-hybridized carbons (Fsp3) is 0.625. The predicted molar refractivity (Wildman–Crippen MR) is 81.7 cm³/mol. The van der Waals surface area contributed by atoms with Crippen LogP contribution in [0.4, 0.5) is 0 Å². The molecule has 0 amide bonds. The summed E-state index contributed by atoms with van der Waals surface area (Å²) in [5, 5.41) is 0. The van der Waals surface area contributed by atoms with Gasteiger partial charge in [0.2, 0.25) is 0 Å². The third-order valence-corrected chi connectivity index (χ3v) is 4.39. The molecule has 2 unspecified atom stereocenters. The molecule has 1 aliphatic rings. The van der Waals surface area contributed by atoms with E-state index < -0.39 is 0 Å². The number of rotatable bonds is 2. The zero-order chi connectivity index (χ0) is 14.1. The summed E-state index contributed by atoms with van der Waals surface area (Å²) >= 11 is 0. The Morgan fingerprint density at radius 1 is 1.25 bits per heavy atom. The lowest BCUT2D eigenvalue weighted by Crippen LogP contribution is -2.29. The van der Waals surface area contributed by atoms with Gasteiger partial charge >= 0.3 is 0 Å². The lowest BCUT2D eigenvalue weighted by Gasteiger charge is -2.23. The first kappa shape index (κ1) is 13.6. The van der Waals surface area contributed by atoms with Gasteiger partial charge in [0.1, 0.15) is 11.3 Å². The maximum Gasteiger partial charge on any atom is 0.160 e. The van der Waals surface area contributed by atoms with E-state index in [9.17, 15) is 0 Å². The summed E-state index contributed by atoms with van der Waals surface area (Å²) in [6.07, 6.45) is 7.91. The van der Waals surface area contributed by atoms with Crippen LogP contribution in [0.2, 0.25) is 0 Å². The Hall–Kier alpha value is -1.42. The second-order valence-corrected chi connectivity index (χ2v) is 6.19. The lowest BCUT2D eigenvalue weighted by molar-refractivity contribution is 0.449. The fourth-order valence-electron chi connectivity index (χ4n) is 3.37. The van der Waals surface area contributed by atoms with E-state index in [2.05, 4.69) is 23.4 Å². The largest absolute Gasteiger partial charge is 0.327 e. The Bertz CT molecular complexity index is 587. The number of fused-ring (bicyclic) bond motifs is 1. The number of hydrogen-bond donors (Lipinski definition) is 1. The van der Waals surface area contributed by atoms with Crippen molar-refractivity contribution in [3.63, 3.8) is 0 Å². The number of nitrogens with two attached hydrogens (primary N) is 1. The highest BCUT2D eigenvalue weighted by atomic mass is 15.2. The molecule has 0 spiro atoms. The van der Waals surface area contributed by atoms with Crippen molar-refractivity contribution in [2.45, 2.75) is 64.0 Å². The second-order valence-electron chi connectivity index (χ2n) is 6.19. The molecule has 0 radical (unpaired) electrons. The summed E-state index contributed by atoms with van der Waals surface area (Å²) in [5.41, 5.74) is 8.42. The van der Waals surface area contributed by atoms with Crippen LogP contribution in [0.5, 0.6) is 0 Å². The molecule has 20 heavy (non-hydrogen) atoms. The van der Waals surface area contributed by atoms with Crippen molar-refractivity contribution < 1.29 is 0 Å². The molecule has 0 bridgehead atoms. The van der Waals surface area contributed by atoms with Gasteiger partial charge in [-0.25, -0.2) is 9.97 Å². The van der Waals surface area contributed by atoms with Crippen LogP contribution in [0, 0.1) is 0 Å². The first-order valence-corrected chi connectivity index (χ1v) is 7.77. The first-order chi connectivity index (χ1) is 9.68. The number of hydrogen-bond acceptors (Lipinski definition) is 3. The molecule has 2 aromatic heterocycles. The van der Waals surface area contributed by atoms with Gasteiger partial charge in [0, 0.05) is 24.2 Å². The molecule has 0 aromatic carbocycles. The Morgan fingerprint density at radius 2 is 2.05 bits per heavy atom. The Labute approximate surface area is 120 Å². The molecule has 1 saturated carbocycles. The molecule has 4 nitrogen and oxygen atoms in total. The van der Waals surface area contributed by atoms with E-state index in [0.717, 1.165) is 29.8 Å². The van der Waals surface area contributed by atoms with Crippen LogP contribution in [-0.4, -0.2) is 20.6 Å². The summed E-state index contributed by atoms with van der Waals surface area (Å²) in [7, 11) is 0. The third-order valence-electron chi connectivity index (χ3n) is 4.39. The van der Waals surface area contributed by atoms with Gasteiger partial charge in [0.25, 0.3) is 0 Å². The third kappa shape index (κ3) is 2.33. The average Bonchev–Trinajstić information content (AvgIpc) is 2.68. The van der Waals surface area contributed by atoms with Crippen molar-refractivity contribution in [3.05, 3.63) is 24.2 Å². The first-order valence-electron chi connectivity index (χ1n) is 7.77. The molecule has 2 atom stereocenters. The van der Waals surface area contributed by atoms with Gasteiger partial charge in [-0.1, -0.05) is 19.3 Å². The van der Waals surface area contributed by atoms with Gasteiger partial charge < -0.3 is 10.3 Å². The normalized spacial score (nSPS) is 24.2. The highest BCUT2D eigenvalue weighted by Crippen LogP contribution is 2.33. The van der Waals surface area contributed by atoms with Gasteiger partial charge in [-0.15, -0.1) is 0 Å². The number of nitrogens with zero attached hydrogens (tertiary/aromatic N) is 3. The highest BCUT2D eigenvalue weighted by molar-refractivity contribution is 5.71. The second kappa shape index (κ2) is 5.52. The minimum atomic E-state index is 0.229. The van der Waals surface area contributed by atoms with E-state index in [1.165, 1.54) is 19.3 Å². The van der Waals surface area contributed by atoms with Crippen molar-refractivity contribution >= 4 is 11.2 Å². The quantitative estimate of drug-likeness (QED) is 0.853. The fourth-order valence-corrected chi connectivity index (χ4v) is 3.37. The lowest BCUT2D eigenvalue weighted by atomic mass is 9.94. The molecule has 0 saturated heterocycles. The predicted octanol–water partition coefficient (Wildman–Crippen LogP) is 3.39. The minimum Gasteiger partial charge on any atom is -0.327 e. The van der Waals surface area contributed by atoms with Crippen LogP contribution in [0.3, 0.4) is 0 Å². The summed E-state index contributed by atoms with van der Waals surface area (Å²) in [4.78, 5) is 9.40. The summed E-state index contributed by atoms with van der Waals surface area (Å²) < 4.78 is 2.28. The average molecular weight is 272 g/mol. The molecule has 0 aliphatic heterocycles. The number of imidazole rings is 1. The van der Waals surface area contributed by atoms with Crippen molar-refractivity contribution in [1.29, 1.82) is 0 Å². The van der Waals surface area contributed by atoms with E-state index in [4.69, 9.17) is 10.7 Å². The minimum absolute atomic E-state index is 0.229. The van der Waals surface area contributed by atoms with Crippen LogP contribution in [0.15, 0.2) is 18.3 Å². The molecule has 2 heterocycles. The molecule has 1 fully saturated rings. The van der Waals surface area contributed by atoms with Crippen LogP contribution in [0.25, 0.3) is 11.2 Å². The zero-order valence-corrected chi connectivity index (χ0v) is 12.4. The Balaban J connectivity index is 2.11. The maximum atomic E-state index is 6.43. The summed E-state index contributed by atoms with van der Waals surface area (Å²) in [5.74, 6) is 1.51. The highest BCUT2D eigenvalue weighted by Gasteiger charge is 2.28. The van der Waals surface area contributed by atoms with Gasteiger partial charge in [-0.3, -0.25) is 0 Å². The van der Waals surface area contributed by atoms with Crippen LogP contribution in [0.1, 0.15) is 63.7 Å². The topological polar surface area (TPSA) is 56.7 Å². The molecule has 108 valence electrons. The van der Waals surface area contributed by atoms with Crippen LogP contribution >= 0.6 is 0 Å². The summed E-state index contributed by atoms with van der Waals surface area (Å²) in [6.45, 7) is 4.39. The molecular formula is C16H24N4. The SMILES string of the molecule is CC(C)n1c(C2CCCCCC2N)nc2cccnc21. The number of pyridine rings is 1.